The van der Waals surface area contributed by atoms with Crippen LogP contribution in [-0.2, 0) is 14.3 Å². The molecule has 1 rings (SSSR count). The van der Waals surface area contributed by atoms with Crippen molar-refractivity contribution in [2.45, 2.75) is 6.92 Å². The van der Waals surface area contributed by atoms with Gasteiger partial charge in [0.2, 0.25) is 0 Å². The summed E-state index contributed by atoms with van der Waals surface area (Å²) < 4.78 is 9.67. The van der Waals surface area contributed by atoms with E-state index < -0.39 is 0 Å². The van der Waals surface area contributed by atoms with Crippen LogP contribution in [0.3, 0.4) is 0 Å². The molecule has 1 fully saturated rings. The van der Waals surface area contributed by atoms with E-state index in [0.717, 1.165) is 0 Å². The fourth-order valence-corrected chi connectivity index (χ4v) is 0.866. The van der Waals surface area contributed by atoms with Crippen molar-refractivity contribution in [3.63, 3.8) is 0 Å². The van der Waals surface area contributed by atoms with Crippen molar-refractivity contribution in [3.05, 3.63) is 0 Å². The maximum atomic E-state index is 10.4. The Bertz CT molecular complexity index is 145. The lowest BCUT2D eigenvalue weighted by molar-refractivity contribution is -0.178. The second kappa shape index (κ2) is 3.19. The Morgan fingerprint density at radius 2 is 2.36 bits per heavy atom. The Labute approximate surface area is 65.1 Å². The molecule has 0 spiro atoms. The van der Waals surface area contributed by atoms with E-state index in [1.807, 2.05) is 0 Å². The van der Waals surface area contributed by atoms with E-state index >= 15 is 0 Å². The summed E-state index contributed by atoms with van der Waals surface area (Å²) >= 11 is 0. The predicted molar refractivity (Wildman–Crippen MR) is 37.0 cm³/mol. The van der Waals surface area contributed by atoms with Crippen molar-refractivity contribution < 1.29 is 19.4 Å². The number of aliphatic hydroxyl groups excluding tert-OH is 1. The van der Waals surface area contributed by atoms with Gasteiger partial charge in [0, 0.05) is 6.92 Å². The molecule has 11 heavy (non-hydrogen) atoms. The molecular weight excluding hydrogens is 148 g/mol. The van der Waals surface area contributed by atoms with Crippen LogP contribution in [0.1, 0.15) is 6.92 Å². The highest BCUT2D eigenvalue weighted by Crippen LogP contribution is 2.26. The zero-order valence-electron chi connectivity index (χ0n) is 6.50. The molecule has 0 amide bonds. The minimum atomic E-state index is -0.315. The van der Waals surface area contributed by atoms with Crippen LogP contribution < -0.4 is 0 Å². The molecule has 0 saturated carbocycles. The zero-order chi connectivity index (χ0) is 8.32. The Morgan fingerprint density at radius 3 is 2.64 bits per heavy atom. The Balaban J connectivity index is 2.27. The quantitative estimate of drug-likeness (QED) is 0.568. The van der Waals surface area contributed by atoms with Crippen LogP contribution >= 0.6 is 0 Å². The summed E-state index contributed by atoms with van der Waals surface area (Å²) in [5, 5.41) is 8.88. The molecule has 0 aromatic carbocycles. The fraction of sp³-hybridized carbons (Fsp3) is 0.857. The summed E-state index contributed by atoms with van der Waals surface area (Å²) in [6, 6.07) is 0. The van der Waals surface area contributed by atoms with E-state index in [1.54, 1.807) is 0 Å². The smallest absolute Gasteiger partial charge is 0.302 e. The van der Waals surface area contributed by atoms with Gasteiger partial charge >= 0.3 is 5.97 Å². The number of hydrogen-bond donors (Lipinski definition) is 1. The SMILES string of the molecule is CC(=O)OCC1(CO)COC1. The first-order chi connectivity index (χ1) is 5.18. The molecule has 1 N–H and O–H groups in total. The highest BCUT2D eigenvalue weighted by atomic mass is 16.5. The van der Waals surface area contributed by atoms with Gasteiger partial charge in [-0.1, -0.05) is 0 Å². The van der Waals surface area contributed by atoms with Crippen LogP contribution in [0.15, 0.2) is 0 Å². The van der Waals surface area contributed by atoms with E-state index in [9.17, 15) is 4.79 Å². The molecule has 1 aliphatic heterocycles. The van der Waals surface area contributed by atoms with Gasteiger partial charge in [-0.2, -0.15) is 0 Å². The largest absolute Gasteiger partial charge is 0.465 e. The van der Waals surface area contributed by atoms with Crippen LogP contribution in [0, 0.1) is 5.41 Å². The number of hydrogen-bond acceptors (Lipinski definition) is 4. The molecule has 1 saturated heterocycles. The van der Waals surface area contributed by atoms with Crippen LogP contribution in [0.2, 0.25) is 0 Å². The van der Waals surface area contributed by atoms with Gasteiger partial charge in [-0.15, -0.1) is 0 Å². The Morgan fingerprint density at radius 1 is 1.73 bits per heavy atom. The van der Waals surface area contributed by atoms with Crippen LogP contribution in [0.25, 0.3) is 0 Å². The van der Waals surface area contributed by atoms with E-state index in [1.165, 1.54) is 6.92 Å². The van der Waals surface area contributed by atoms with E-state index in [0.29, 0.717) is 13.2 Å². The van der Waals surface area contributed by atoms with Gasteiger partial charge in [0.25, 0.3) is 0 Å². The highest BCUT2D eigenvalue weighted by molar-refractivity contribution is 5.65. The lowest BCUT2D eigenvalue weighted by atomic mass is 9.88. The number of aliphatic hydroxyl groups is 1. The summed E-state index contributed by atoms with van der Waals surface area (Å²) in [5.74, 6) is -0.315. The molecule has 0 atom stereocenters. The minimum Gasteiger partial charge on any atom is -0.465 e. The molecule has 0 aromatic heterocycles. The van der Waals surface area contributed by atoms with E-state index in [2.05, 4.69) is 0 Å². The van der Waals surface area contributed by atoms with Crippen molar-refractivity contribution in [2.24, 2.45) is 5.41 Å². The van der Waals surface area contributed by atoms with Gasteiger partial charge < -0.3 is 14.6 Å². The third kappa shape index (κ3) is 1.91. The number of ether oxygens (including phenoxy) is 2. The van der Waals surface area contributed by atoms with Crippen molar-refractivity contribution in [1.29, 1.82) is 0 Å². The van der Waals surface area contributed by atoms with Gasteiger partial charge in [0.05, 0.1) is 25.2 Å². The number of carbonyl (C=O) groups excluding carboxylic acids is 1. The van der Waals surface area contributed by atoms with E-state index in [4.69, 9.17) is 14.6 Å². The standard InChI is InChI=1S/C7H12O4/c1-6(9)11-5-7(2-8)3-10-4-7/h8H,2-5H2,1H3. The average molecular weight is 160 g/mol. The summed E-state index contributed by atoms with van der Waals surface area (Å²) in [4.78, 5) is 10.4. The maximum Gasteiger partial charge on any atom is 0.302 e. The van der Waals surface area contributed by atoms with Gasteiger partial charge in [-0.05, 0) is 0 Å². The molecule has 1 aliphatic rings. The maximum absolute atomic E-state index is 10.4. The van der Waals surface area contributed by atoms with Crippen LogP contribution in [0.5, 0.6) is 0 Å². The summed E-state index contributed by atoms with van der Waals surface area (Å²) in [6.07, 6.45) is 0. The summed E-state index contributed by atoms with van der Waals surface area (Å²) in [7, 11) is 0. The number of rotatable bonds is 3. The molecular formula is C7H12O4. The van der Waals surface area contributed by atoms with Gasteiger partial charge in [0.1, 0.15) is 6.61 Å². The first-order valence-electron chi connectivity index (χ1n) is 3.50. The Kier molecular flexibility index (Phi) is 2.46. The molecule has 4 heteroatoms. The molecule has 0 radical (unpaired) electrons. The molecule has 0 aliphatic carbocycles. The first-order valence-corrected chi connectivity index (χ1v) is 3.50. The molecule has 64 valence electrons. The normalized spacial score (nSPS) is 20.5. The fourth-order valence-electron chi connectivity index (χ4n) is 0.866. The van der Waals surface area contributed by atoms with Crippen molar-refractivity contribution >= 4 is 5.97 Å². The topological polar surface area (TPSA) is 55.8 Å². The third-order valence-electron chi connectivity index (χ3n) is 1.73. The lowest BCUT2D eigenvalue weighted by Crippen LogP contribution is -2.49. The average Bonchev–Trinajstić information content (AvgIpc) is 1.86. The van der Waals surface area contributed by atoms with Crippen molar-refractivity contribution in [2.75, 3.05) is 26.4 Å². The Hall–Kier alpha value is -0.610. The van der Waals surface area contributed by atoms with Crippen LogP contribution in [0.4, 0.5) is 0 Å². The summed E-state index contributed by atoms with van der Waals surface area (Å²) in [5.41, 5.74) is -0.314. The second-order valence-electron chi connectivity index (χ2n) is 2.93. The van der Waals surface area contributed by atoms with Crippen molar-refractivity contribution in [1.82, 2.24) is 0 Å². The lowest BCUT2D eigenvalue weighted by Gasteiger charge is -2.38. The second-order valence-corrected chi connectivity index (χ2v) is 2.93. The van der Waals surface area contributed by atoms with Crippen molar-refractivity contribution in [3.8, 4) is 0 Å². The monoisotopic (exact) mass is 160 g/mol. The molecule has 0 aromatic rings. The molecule has 0 unspecified atom stereocenters. The molecule has 1 heterocycles. The number of carbonyl (C=O) groups is 1. The predicted octanol–water partition coefficient (Wildman–Crippen LogP) is -0.442. The number of esters is 1. The third-order valence-corrected chi connectivity index (χ3v) is 1.73. The minimum absolute atomic E-state index is 0.0142. The van der Waals surface area contributed by atoms with Crippen LogP contribution in [-0.4, -0.2) is 37.5 Å². The highest BCUT2D eigenvalue weighted by Gasteiger charge is 2.39. The zero-order valence-corrected chi connectivity index (χ0v) is 6.50. The first kappa shape index (κ1) is 8.49. The van der Waals surface area contributed by atoms with E-state index in [-0.39, 0.29) is 24.6 Å². The van der Waals surface area contributed by atoms with Gasteiger partial charge in [-0.3, -0.25) is 4.79 Å². The molecule has 0 bridgehead atoms. The van der Waals surface area contributed by atoms with Gasteiger partial charge in [-0.25, -0.2) is 0 Å². The molecule has 4 nitrogen and oxygen atoms in total. The van der Waals surface area contributed by atoms with Gasteiger partial charge in [0.15, 0.2) is 0 Å². The summed E-state index contributed by atoms with van der Waals surface area (Å²) in [6.45, 7) is 2.59.